The second kappa shape index (κ2) is 13.4. The summed E-state index contributed by atoms with van der Waals surface area (Å²) in [6.07, 6.45) is -1.87. The van der Waals surface area contributed by atoms with E-state index in [2.05, 4.69) is 0 Å². The molecule has 188 valence electrons. The summed E-state index contributed by atoms with van der Waals surface area (Å²) in [6, 6.07) is 10.6. The third kappa shape index (κ3) is 9.25. The van der Waals surface area contributed by atoms with Crippen LogP contribution in [-0.4, -0.2) is 60.4 Å². The van der Waals surface area contributed by atoms with Crippen molar-refractivity contribution in [1.29, 1.82) is 0 Å². The van der Waals surface area contributed by atoms with Gasteiger partial charge in [-0.15, -0.1) is 0 Å². The maximum atomic E-state index is 12.0. The number of hydrogen-bond donors (Lipinski definition) is 0. The summed E-state index contributed by atoms with van der Waals surface area (Å²) in [5, 5.41) is 21.3. The Morgan fingerprint density at radius 1 is 0.686 bits per heavy atom. The van der Waals surface area contributed by atoms with Gasteiger partial charge >= 0.3 is 11.9 Å². The van der Waals surface area contributed by atoms with Crippen molar-refractivity contribution in [1.82, 2.24) is 0 Å². The van der Waals surface area contributed by atoms with Crippen molar-refractivity contribution in [2.75, 3.05) is 26.4 Å². The van der Waals surface area contributed by atoms with Gasteiger partial charge in [-0.3, -0.25) is 20.2 Å². The van der Waals surface area contributed by atoms with E-state index in [9.17, 15) is 29.8 Å². The van der Waals surface area contributed by atoms with Gasteiger partial charge in [-0.25, -0.2) is 9.59 Å². The number of benzene rings is 2. The second-order valence-corrected chi connectivity index (χ2v) is 6.97. The predicted octanol–water partition coefficient (Wildman–Crippen LogP) is 2.84. The molecule has 2 atom stereocenters. The van der Waals surface area contributed by atoms with Crippen LogP contribution < -0.4 is 9.47 Å². The lowest BCUT2D eigenvalue weighted by atomic mass is 10.3. The molecular formula is C22H24N2O11. The molecule has 0 spiro atoms. The molecule has 0 saturated carbocycles. The minimum atomic E-state index is -0.936. The van der Waals surface area contributed by atoms with E-state index in [0.29, 0.717) is 0 Å². The molecule has 2 unspecified atom stereocenters. The third-order valence-corrected chi connectivity index (χ3v) is 4.33. The van der Waals surface area contributed by atoms with Gasteiger partial charge in [0.1, 0.15) is 24.7 Å². The van der Waals surface area contributed by atoms with E-state index in [1.807, 2.05) is 0 Å². The van der Waals surface area contributed by atoms with Gasteiger partial charge < -0.3 is 23.7 Å². The van der Waals surface area contributed by atoms with Gasteiger partial charge in [0.2, 0.25) is 0 Å². The highest BCUT2D eigenvalue weighted by atomic mass is 16.6. The van der Waals surface area contributed by atoms with Crippen LogP contribution in [0.2, 0.25) is 0 Å². The number of nitro groups is 2. The molecule has 0 radical (unpaired) electrons. The fourth-order valence-corrected chi connectivity index (χ4v) is 2.54. The zero-order valence-electron chi connectivity index (χ0n) is 19.0. The average molecular weight is 492 g/mol. The van der Waals surface area contributed by atoms with E-state index in [-0.39, 0.29) is 49.3 Å². The third-order valence-electron chi connectivity index (χ3n) is 4.33. The molecule has 0 fully saturated rings. The van der Waals surface area contributed by atoms with E-state index < -0.39 is 34.0 Å². The van der Waals surface area contributed by atoms with Gasteiger partial charge in [0.15, 0.2) is 12.2 Å². The molecule has 0 N–H and O–H groups in total. The smallest absolute Gasteiger partial charge is 0.347 e. The van der Waals surface area contributed by atoms with E-state index in [4.69, 9.17) is 23.7 Å². The summed E-state index contributed by atoms with van der Waals surface area (Å²) in [5.74, 6) is -0.721. The molecule has 2 aromatic carbocycles. The number of hydrogen-bond acceptors (Lipinski definition) is 11. The number of nitro benzene ring substituents is 2. The molecule has 0 saturated heterocycles. The minimum Gasteiger partial charge on any atom is -0.479 e. The molecule has 0 aliphatic carbocycles. The van der Waals surface area contributed by atoms with Crippen LogP contribution in [0, 0.1) is 20.2 Å². The van der Waals surface area contributed by atoms with Crippen molar-refractivity contribution in [3.05, 3.63) is 68.8 Å². The Balaban J connectivity index is 1.57. The summed E-state index contributed by atoms with van der Waals surface area (Å²) in [7, 11) is 0. The Kier molecular flexibility index (Phi) is 10.4. The zero-order valence-corrected chi connectivity index (χ0v) is 19.0. The highest BCUT2D eigenvalue weighted by Crippen LogP contribution is 2.19. The number of nitrogens with zero attached hydrogens (tertiary/aromatic N) is 2. The first-order chi connectivity index (χ1) is 16.7. The first-order valence-corrected chi connectivity index (χ1v) is 10.4. The molecule has 13 nitrogen and oxygen atoms in total. The van der Waals surface area contributed by atoms with E-state index in [1.54, 1.807) is 0 Å². The maximum Gasteiger partial charge on any atom is 0.347 e. The van der Waals surface area contributed by atoms with Crippen LogP contribution in [0.3, 0.4) is 0 Å². The van der Waals surface area contributed by atoms with Gasteiger partial charge in [0, 0.05) is 24.3 Å². The SMILES string of the molecule is CC(Oc1ccc([N+](=O)[O-])cc1)C(=O)OCCOCCOC(=O)C(C)Oc1ccc([N+](=O)[O-])cc1. The zero-order chi connectivity index (χ0) is 25.8. The average Bonchev–Trinajstić information content (AvgIpc) is 2.83. The summed E-state index contributed by atoms with van der Waals surface area (Å²) >= 11 is 0. The monoisotopic (exact) mass is 492 g/mol. The quantitative estimate of drug-likeness (QED) is 0.165. The maximum absolute atomic E-state index is 12.0. The lowest BCUT2D eigenvalue weighted by Crippen LogP contribution is -2.28. The molecule has 0 aliphatic rings. The summed E-state index contributed by atoms with van der Waals surface area (Å²) in [6.45, 7) is 2.96. The van der Waals surface area contributed by atoms with Gasteiger partial charge in [0.05, 0.1) is 23.1 Å². The van der Waals surface area contributed by atoms with Crippen molar-refractivity contribution in [3.63, 3.8) is 0 Å². The highest BCUT2D eigenvalue weighted by Gasteiger charge is 2.18. The normalized spacial score (nSPS) is 12.2. The van der Waals surface area contributed by atoms with Crippen molar-refractivity contribution in [3.8, 4) is 11.5 Å². The second-order valence-electron chi connectivity index (χ2n) is 6.97. The molecule has 13 heteroatoms. The Hall–Kier alpha value is -4.26. The molecule has 0 aromatic heterocycles. The summed E-state index contributed by atoms with van der Waals surface area (Å²) < 4.78 is 26.0. The molecule has 2 aromatic rings. The summed E-state index contributed by atoms with van der Waals surface area (Å²) in [4.78, 5) is 44.1. The molecule has 2 rings (SSSR count). The number of carbonyl (C=O) groups is 2. The standard InChI is InChI=1S/C22H24N2O11/c1-15(34-19-7-3-17(4-8-19)23(27)28)21(25)32-13-11-31-12-14-33-22(26)16(2)35-20-9-5-18(6-10-20)24(29)30/h3-10,15-16H,11-14H2,1-2H3. The molecule has 0 aliphatic heterocycles. The van der Waals surface area contributed by atoms with E-state index >= 15 is 0 Å². The van der Waals surface area contributed by atoms with Crippen molar-refractivity contribution in [2.24, 2.45) is 0 Å². The highest BCUT2D eigenvalue weighted by molar-refractivity contribution is 5.75. The van der Waals surface area contributed by atoms with Gasteiger partial charge in [-0.2, -0.15) is 0 Å². The van der Waals surface area contributed by atoms with Crippen LogP contribution in [0.15, 0.2) is 48.5 Å². The van der Waals surface area contributed by atoms with Crippen LogP contribution in [-0.2, 0) is 23.8 Å². The largest absolute Gasteiger partial charge is 0.479 e. The number of carbonyl (C=O) groups excluding carboxylic acids is 2. The van der Waals surface area contributed by atoms with Crippen LogP contribution >= 0.6 is 0 Å². The van der Waals surface area contributed by atoms with Crippen molar-refractivity contribution >= 4 is 23.3 Å². The Morgan fingerprint density at radius 3 is 1.34 bits per heavy atom. The van der Waals surface area contributed by atoms with Crippen molar-refractivity contribution < 1.29 is 43.1 Å². The van der Waals surface area contributed by atoms with E-state index in [0.717, 1.165) is 0 Å². The van der Waals surface area contributed by atoms with Crippen molar-refractivity contribution in [2.45, 2.75) is 26.1 Å². The number of non-ortho nitro benzene ring substituents is 2. The Morgan fingerprint density at radius 2 is 1.03 bits per heavy atom. The molecule has 0 heterocycles. The van der Waals surface area contributed by atoms with Gasteiger partial charge in [-0.1, -0.05) is 0 Å². The number of esters is 2. The van der Waals surface area contributed by atoms with Gasteiger partial charge in [-0.05, 0) is 38.1 Å². The van der Waals surface area contributed by atoms with E-state index in [1.165, 1.54) is 62.4 Å². The molecular weight excluding hydrogens is 468 g/mol. The van der Waals surface area contributed by atoms with Gasteiger partial charge in [0.25, 0.3) is 11.4 Å². The minimum absolute atomic E-state index is 0.0552. The lowest BCUT2D eigenvalue weighted by Gasteiger charge is -2.15. The van der Waals surface area contributed by atoms with Crippen LogP contribution in [0.4, 0.5) is 11.4 Å². The number of ether oxygens (including phenoxy) is 5. The lowest BCUT2D eigenvalue weighted by molar-refractivity contribution is -0.385. The van der Waals surface area contributed by atoms with Crippen LogP contribution in [0.25, 0.3) is 0 Å². The Labute approximate surface area is 199 Å². The topological polar surface area (TPSA) is 167 Å². The number of rotatable bonds is 14. The Bertz CT molecular complexity index is 928. The molecule has 35 heavy (non-hydrogen) atoms. The predicted molar refractivity (Wildman–Crippen MR) is 119 cm³/mol. The first-order valence-electron chi connectivity index (χ1n) is 10.4. The van der Waals surface area contributed by atoms with Crippen LogP contribution in [0.5, 0.6) is 11.5 Å². The molecule has 0 amide bonds. The van der Waals surface area contributed by atoms with Crippen LogP contribution in [0.1, 0.15) is 13.8 Å². The summed E-state index contributed by atoms with van der Waals surface area (Å²) in [5.41, 5.74) is -0.191. The fraction of sp³-hybridized carbons (Fsp3) is 0.364. The fourth-order valence-electron chi connectivity index (χ4n) is 2.54. The first kappa shape index (κ1) is 27.0. The molecule has 0 bridgehead atoms.